The number of thioether (sulfide) groups is 1. The standard InChI is InChI=1S/C12H21N3O3S/c1-8(2)12(3,7-13)15-10(16)6-19-5-4-9(14)11(17)18/h8-9H,4-6,14H2,1-3H3,(H,15,16)(H,17,18). The van der Waals surface area contributed by atoms with Gasteiger partial charge in [-0.2, -0.15) is 17.0 Å². The molecule has 0 aliphatic rings. The van der Waals surface area contributed by atoms with Crippen LogP contribution in [0.4, 0.5) is 0 Å². The third-order valence-electron chi connectivity index (χ3n) is 2.91. The zero-order valence-corrected chi connectivity index (χ0v) is 12.3. The van der Waals surface area contributed by atoms with Crippen LogP contribution < -0.4 is 11.1 Å². The summed E-state index contributed by atoms with van der Waals surface area (Å²) in [6.07, 6.45) is 0.312. The number of hydrogen-bond donors (Lipinski definition) is 3. The second-order valence-electron chi connectivity index (χ2n) is 4.80. The molecule has 7 heteroatoms. The molecule has 2 atom stereocenters. The lowest BCUT2D eigenvalue weighted by molar-refractivity contribution is -0.138. The molecule has 0 spiro atoms. The molecule has 1 amide bonds. The number of nitrogens with two attached hydrogens (primary N) is 1. The summed E-state index contributed by atoms with van der Waals surface area (Å²) in [4.78, 5) is 22.1. The molecule has 4 N–H and O–H groups in total. The number of carboxylic acid groups (broad SMARTS) is 1. The van der Waals surface area contributed by atoms with Crippen molar-refractivity contribution < 1.29 is 14.7 Å². The maximum Gasteiger partial charge on any atom is 0.320 e. The normalized spacial score (nSPS) is 15.4. The van der Waals surface area contributed by atoms with Gasteiger partial charge in [0.25, 0.3) is 0 Å². The Morgan fingerprint density at radius 2 is 2.11 bits per heavy atom. The summed E-state index contributed by atoms with van der Waals surface area (Å²) in [6.45, 7) is 5.41. The van der Waals surface area contributed by atoms with E-state index in [0.29, 0.717) is 12.2 Å². The fourth-order valence-electron chi connectivity index (χ4n) is 1.13. The van der Waals surface area contributed by atoms with Gasteiger partial charge in [-0.15, -0.1) is 0 Å². The first kappa shape index (κ1) is 17.7. The van der Waals surface area contributed by atoms with Gasteiger partial charge in [-0.1, -0.05) is 13.8 Å². The van der Waals surface area contributed by atoms with Crippen LogP contribution in [-0.2, 0) is 9.59 Å². The first-order valence-corrected chi connectivity index (χ1v) is 7.16. The Hall–Kier alpha value is -1.26. The highest BCUT2D eigenvalue weighted by molar-refractivity contribution is 7.99. The van der Waals surface area contributed by atoms with Gasteiger partial charge in [-0.3, -0.25) is 9.59 Å². The van der Waals surface area contributed by atoms with Crippen LogP contribution >= 0.6 is 11.8 Å². The Kier molecular flexibility index (Phi) is 7.49. The number of carboxylic acids is 1. The van der Waals surface area contributed by atoms with E-state index < -0.39 is 17.6 Å². The Labute approximate surface area is 117 Å². The predicted molar refractivity (Wildman–Crippen MR) is 74.6 cm³/mol. The molecule has 0 rings (SSSR count). The van der Waals surface area contributed by atoms with Gasteiger partial charge < -0.3 is 16.2 Å². The maximum atomic E-state index is 11.7. The number of aliphatic carboxylic acids is 1. The molecule has 0 aromatic heterocycles. The molecule has 0 saturated heterocycles. The van der Waals surface area contributed by atoms with Gasteiger partial charge in [0.15, 0.2) is 0 Å². The van der Waals surface area contributed by atoms with E-state index in [9.17, 15) is 9.59 Å². The van der Waals surface area contributed by atoms with E-state index in [1.165, 1.54) is 11.8 Å². The quantitative estimate of drug-likeness (QED) is 0.562. The second kappa shape index (κ2) is 8.02. The van der Waals surface area contributed by atoms with Crippen molar-refractivity contribution in [1.29, 1.82) is 5.26 Å². The number of nitriles is 1. The summed E-state index contributed by atoms with van der Waals surface area (Å²) in [5, 5.41) is 20.3. The van der Waals surface area contributed by atoms with Gasteiger partial charge in [0, 0.05) is 0 Å². The minimum Gasteiger partial charge on any atom is -0.480 e. The molecule has 0 saturated carbocycles. The summed E-state index contributed by atoms with van der Waals surface area (Å²) in [7, 11) is 0. The molecule has 0 radical (unpaired) electrons. The van der Waals surface area contributed by atoms with Crippen molar-refractivity contribution in [1.82, 2.24) is 5.32 Å². The highest BCUT2D eigenvalue weighted by Gasteiger charge is 2.29. The monoisotopic (exact) mass is 287 g/mol. The SMILES string of the molecule is CC(C)C(C)(C#N)NC(=O)CSCCC(N)C(=O)O. The Balaban J connectivity index is 4.01. The molecule has 19 heavy (non-hydrogen) atoms. The van der Waals surface area contributed by atoms with Crippen molar-refractivity contribution in [3.63, 3.8) is 0 Å². The van der Waals surface area contributed by atoms with E-state index in [0.717, 1.165) is 0 Å². The molecule has 0 heterocycles. The minimum atomic E-state index is -1.04. The van der Waals surface area contributed by atoms with Crippen LogP contribution in [-0.4, -0.2) is 40.1 Å². The molecular formula is C12H21N3O3S. The highest BCUT2D eigenvalue weighted by atomic mass is 32.2. The minimum absolute atomic E-state index is 0.00637. The lowest BCUT2D eigenvalue weighted by Crippen LogP contribution is -2.49. The topological polar surface area (TPSA) is 116 Å². The molecule has 2 unspecified atom stereocenters. The molecule has 0 bridgehead atoms. The molecule has 0 aliphatic heterocycles. The van der Waals surface area contributed by atoms with Gasteiger partial charge in [0.1, 0.15) is 11.6 Å². The van der Waals surface area contributed by atoms with Crippen molar-refractivity contribution in [2.75, 3.05) is 11.5 Å². The van der Waals surface area contributed by atoms with E-state index in [1.807, 2.05) is 13.8 Å². The van der Waals surface area contributed by atoms with Gasteiger partial charge in [0.2, 0.25) is 5.91 Å². The fourth-order valence-corrected chi connectivity index (χ4v) is 1.95. The first-order valence-electron chi connectivity index (χ1n) is 6.01. The number of rotatable bonds is 8. The van der Waals surface area contributed by atoms with Crippen molar-refractivity contribution in [3.8, 4) is 6.07 Å². The zero-order chi connectivity index (χ0) is 15.1. The Morgan fingerprint density at radius 3 is 2.53 bits per heavy atom. The van der Waals surface area contributed by atoms with E-state index in [1.54, 1.807) is 6.92 Å². The van der Waals surface area contributed by atoms with Gasteiger partial charge in [0.05, 0.1) is 11.8 Å². The Morgan fingerprint density at radius 1 is 1.53 bits per heavy atom. The number of hydrogen-bond acceptors (Lipinski definition) is 5. The van der Waals surface area contributed by atoms with Crippen molar-refractivity contribution in [2.45, 2.75) is 38.8 Å². The molecule has 6 nitrogen and oxygen atoms in total. The first-order chi connectivity index (χ1) is 8.73. The second-order valence-corrected chi connectivity index (χ2v) is 5.91. The zero-order valence-electron chi connectivity index (χ0n) is 11.5. The fraction of sp³-hybridized carbons (Fsp3) is 0.750. The third-order valence-corrected chi connectivity index (χ3v) is 3.90. The summed E-state index contributed by atoms with van der Waals surface area (Å²) in [5.74, 6) is -0.581. The lowest BCUT2D eigenvalue weighted by Gasteiger charge is -2.27. The molecule has 0 aromatic carbocycles. The number of carbonyl (C=O) groups is 2. The molecule has 0 fully saturated rings. The van der Waals surface area contributed by atoms with E-state index in [-0.39, 0.29) is 17.6 Å². The summed E-state index contributed by atoms with van der Waals surface area (Å²) < 4.78 is 0. The van der Waals surface area contributed by atoms with Crippen molar-refractivity contribution in [3.05, 3.63) is 0 Å². The molecular weight excluding hydrogens is 266 g/mol. The van der Waals surface area contributed by atoms with Crippen molar-refractivity contribution >= 4 is 23.6 Å². The summed E-state index contributed by atoms with van der Waals surface area (Å²) in [6, 6.07) is 1.20. The van der Waals surface area contributed by atoms with Crippen LogP contribution in [0.1, 0.15) is 27.2 Å². The van der Waals surface area contributed by atoms with Gasteiger partial charge in [-0.05, 0) is 25.0 Å². The third kappa shape index (κ3) is 6.45. The van der Waals surface area contributed by atoms with Crippen LogP contribution in [0.5, 0.6) is 0 Å². The number of carbonyl (C=O) groups excluding carboxylic acids is 1. The van der Waals surface area contributed by atoms with Crippen LogP contribution in [0.15, 0.2) is 0 Å². The molecule has 108 valence electrons. The smallest absolute Gasteiger partial charge is 0.320 e. The average Bonchev–Trinajstić information content (AvgIpc) is 2.33. The Bertz CT molecular complexity index is 368. The van der Waals surface area contributed by atoms with Crippen LogP contribution in [0.3, 0.4) is 0 Å². The number of amides is 1. The summed E-state index contributed by atoms with van der Waals surface area (Å²) in [5.41, 5.74) is 4.46. The van der Waals surface area contributed by atoms with Crippen LogP contribution in [0.25, 0.3) is 0 Å². The van der Waals surface area contributed by atoms with Crippen LogP contribution in [0.2, 0.25) is 0 Å². The predicted octanol–water partition coefficient (Wildman–Crippen LogP) is 0.576. The van der Waals surface area contributed by atoms with E-state index in [2.05, 4.69) is 11.4 Å². The van der Waals surface area contributed by atoms with E-state index in [4.69, 9.17) is 16.1 Å². The van der Waals surface area contributed by atoms with Gasteiger partial charge >= 0.3 is 5.97 Å². The highest BCUT2D eigenvalue weighted by Crippen LogP contribution is 2.15. The number of nitrogens with zero attached hydrogens (tertiary/aromatic N) is 1. The van der Waals surface area contributed by atoms with Gasteiger partial charge in [-0.25, -0.2) is 0 Å². The lowest BCUT2D eigenvalue weighted by atomic mass is 9.90. The average molecular weight is 287 g/mol. The maximum absolute atomic E-state index is 11.7. The molecule has 0 aliphatic carbocycles. The van der Waals surface area contributed by atoms with Crippen LogP contribution in [0, 0.1) is 17.2 Å². The summed E-state index contributed by atoms with van der Waals surface area (Å²) >= 11 is 1.31. The van der Waals surface area contributed by atoms with Crippen molar-refractivity contribution in [2.24, 2.45) is 11.7 Å². The largest absolute Gasteiger partial charge is 0.480 e. The number of nitrogens with one attached hydrogen (secondary N) is 1. The van der Waals surface area contributed by atoms with E-state index >= 15 is 0 Å². The molecule has 0 aromatic rings.